The number of unbranched alkanes of at least 4 members (excludes halogenated alkanes) is 2. The molecule has 0 aliphatic carbocycles. The summed E-state index contributed by atoms with van der Waals surface area (Å²) < 4.78 is 1.89. The SMILES string of the molecule is O=C1c2ccccc2C(=O)N1CCCCCn1cccn1. The third kappa shape index (κ3) is 2.72. The van der Waals surface area contributed by atoms with Gasteiger partial charge in [0, 0.05) is 25.5 Å². The summed E-state index contributed by atoms with van der Waals surface area (Å²) in [5.41, 5.74) is 1.05. The van der Waals surface area contributed by atoms with Crippen molar-refractivity contribution in [2.75, 3.05) is 6.54 Å². The number of benzene rings is 1. The number of fused-ring (bicyclic) bond motifs is 1. The van der Waals surface area contributed by atoms with Gasteiger partial charge in [0.25, 0.3) is 11.8 Å². The molecule has 0 atom stereocenters. The molecule has 21 heavy (non-hydrogen) atoms. The average Bonchev–Trinajstić information content (AvgIpc) is 3.10. The maximum Gasteiger partial charge on any atom is 0.261 e. The Labute approximate surface area is 123 Å². The summed E-state index contributed by atoms with van der Waals surface area (Å²) in [5, 5.41) is 4.14. The summed E-state index contributed by atoms with van der Waals surface area (Å²) >= 11 is 0. The van der Waals surface area contributed by atoms with E-state index in [1.165, 1.54) is 4.90 Å². The van der Waals surface area contributed by atoms with E-state index in [2.05, 4.69) is 5.10 Å². The minimum absolute atomic E-state index is 0.164. The van der Waals surface area contributed by atoms with E-state index >= 15 is 0 Å². The first-order valence-corrected chi connectivity index (χ1v) is 7.20. The van der Waals surface area contributed by atoms with Crippen molar-refractivity contribution in [2.24, 2.45) is 0 Å². The van der Waals surface area contributed by atoms with Crippen molar-refractivity contribution < 1.29 is 9.59 Å². The fraction of sp³-hybridized carbons (Fsp3) is 0.312. The lowest BCUT2D eigenvalue weighted by molar-refractivity contribution is 0.0651. The van der Waals surface area contributed by atoms with Crippen molar-refractivity contribution >= 4 is 11.8 Å². The zero-order valence-corrected chi connectivity index (χ0v) is 11.7. The van der Waals surface area contributed by atoms with Crippen LogP contribution in [0.1, 0.15) is 40.0 Å². The largest absolute Gasteiger partial charge is 0.274 e. The van der Waals surface area contributed by atoms with E-state index in [9.17, 15) is 9.59 Å². The van der Waals surface area contributed by atoms with Gasteiger partial charge >= 0.3 is 0 Å². The molecule has 2 heterocycles. The molecule has 0 unspecified atom stereocenters. The summed E-state index contributed by atoms with van der Waals surface area (Å²) in [6.45, 7) is 1.36. The minimum atomic E-state index is -0.164. The number of carbonyl (C=O) groups excluding carboxylic acids is 2. The molecule has 2 amide bonds. The van der Waals surface area contributed by atoms with Crippen LogP contribution in [0.25, 0.3) is 0 Å². The Morgan fingerprint density at radius 1 is 0.857 bits per heavy atom. The molecule has 5 heteroatoms. The number of amides is 2. The highest BCUT2D eigenvalue weighted by molar-refractivity contribution is 6.21. The molecule has 1 aliphatic rings. The number of aromatic nitrogens is 2. The van der Waals surface area contributed by atoms with Gasteiger partial charge in [-0.15, -0.1) is 0 Å². The number of hydrogen-bond donors (Lipinski definition) is 0. The van der Waals surface area contributed by atoms with Crippen molar-refractivity contribution in [1.82, 2.24) is 14.7 Å². The Morgan fingerprint density at radius 2 is 1.52 bits per heavy atom. The van der Waals surface area contributed by atoms with Crippen molar-refractivity contribution in [3.63, 3.8) is 0 Å². The first-order chi connectivity index (χ1) is 10.3. The van der Waals surface area contributed by atoms with Crippen LogP contribution in [0.15, 0.2) is 42.7 Å². The second kappa shape index (κ2) is 5.91. The van der Waals surface area contributed by atoms with E-state index in [-0.39, 0.29) is 11.8 Å². The molecule has 1 aromatic carbocycles. The summed E-state index contributed by atoms with van der Waals surface area (Å²) in [6.07, 6.45) is 6.48. The van der Waals surface area contributed by atoms with Gasteiger partial charge in [0.05, 0.1) is 11.1 Å². The Kier molecular flexibility index (Phi) is 3.81. The first-order valence-electron chi connectivity index (χ1n) is 7.20. The lowest BCUT2D eigenvalue weighted by Gasteiger charge is -2.13. The van der Waals surface area contributed by atoms with Crippen LogP contribution in [0.5, 0.6) is 0 Å². The van der Waals surface area contributed by atoms with Gasteiger partial charge in [-0.05, 0) is 37.5 Å². The highest BCUT2D eigenvalue weighted by Gasteiger charge is 2.34. The standard InChI is InChI=1S/C16H17N3O2/c20-15-13-7-2-3-8-14(13)16(21)19(15)12-5-1-4-10-18-11-6-9-17-18/h2-3,6-9,11H,1,4-5,10,12H2. The lowest BCUT2D eigenvalue weighted by atomic mass is 10.1. The van der Waals surface area contributed by atoms with E-state index in [0.717, 1.165) is 25.8 Å². The molecule has 0 fully saturated rings. The van der Waals surface area contributed by atoms with Gasteiger partial charge in [-0.2, -0.15) is 5.10 Å². The van der Waals surface area contributed by atoms with Gasteiger partial charge in [0.15, 0.2) is 0 Å². The van der Waals surface area contributed by atoms with E-state index in [0.29, 0.717) is 17.7 Å². The molecule has 1 aliphatic heterocycles. The highest BCUT2D eigenvalue weighted by Crippen LogP contribution is 2.22. The van der Waals surface area contributed by atoms with E-state index in [4.69, 9.17) is 0 Å². The van der Waals surface area contributed by atoms with Crippen LogP contribution in [-0.4, -0.2) is 33.0 Å². The van der Waals surface area contributed by atoms with E-state index in [1.807, 2.05) is 16.9 Å². The number of aryl methyl sites for hydroxylation is 1. The second-order valence-corrected chi connectivity index (χ2v) is 5.14. The summed E-state index contributed by atoms with van der Waals surface area (Å²) in [5.74, 6) is -0.328. The number of rotatable bonds is 6. The molecule has 2 aromatic rings. The van der Waals surface area contributed by atoms with Crippen LogP contribution >= 0.6 is 0 Å². The van der Waals surface area contributed by atoms with Crippen LogP contribution in [0.4, 0.5) is 0 Å². The molecule has 3 rings (SSSR count). The first kappa shape index (κ1) is 13.5. The fourth-order valence-electron chi connectivity index (χ4n) is 2.60. The lowest BCUT2D eigenvalue weighted by Crippen LogP contribution is -2.30. The normalized spacial score (nSPS) is 13.8. The van der Waals surface area contributed by atoms with Crippen LogP contribution in [-0.2, 0) is 6.54 Å². The van der Waals surface area contributed by atoms with Gasteiger partial charge in [0.1, 0.15) is 0 Å². The topological polar surface area (TPSA) is 55.2 Å². The second-order valence-electron chi connectivity index (χ2n) is 5.14. The Balaban J connectivity index is 1.48. The fourth-order valence-corrected chi connectivity index (χ4v) is 2.60. The third-order valence-electron chi connectivity index (χ3n) is 3.71. The van der Waals surface area contributed by atoms with E-state index < -0.39 is 0 Å². The van der Waals surface area contributed by atoms with Crippen LogP contribution < -0.4 is 0 Å². The quantitative estimate of drug-likeness (QED) is 0.604. The number of nitrogens with zero attached hydrogens (tertiary/aromatic N) is 3. The predicted molar refractivity (Wildman–Crippen MR) is 77.9 cm³/mol. The molecular formula is C16H17N3O2. The predicted octanol–water partition coefficient (Wildman–Crippen LogP) is 2.35. The van der Waals surface area contributed by atoms with Gasteiger partial charge in [-0.25, -0.2) is 0 Å². The van der Waals surface area contributed by atoms with Gasteiger partial charge < -0.3 is 0 Å². The zero-order chi connectivity index (χ0) is 14.7. The molecule has 1 aromatic heterocycles. The summed E-state index contributed by atoms with van der Waals surface area (Å²) in [4.78, 5) is 25.7. The van der Waals surface area contributed by atoms with Crippen LogP contribution in [0.3, 0.4) is 0 Å². The smallest absolute Gasteiger partial charge is 0.261 e. The van der Waals surface area contributed by atoms with Crippen LogP contribution in [0.2, 0.25) is 0 Å². The van der Waals surface area contributed by atoms with Crippen LogP contribution in [0, 0.1) is 0 Å². The number of hydrogen-bond acceptors (Lipinski definition) is 3. The van der Waals surface area contributed by atoms with Crippen molar-refractivity contribution in [3.8, 4) is 0 Å². The Morgan fingerprint density at radius 3 is 2.14 bits per heavy atom. The molecular weight excluding hydrogens is 266 g/mol. The molecule has 0 saturated heterocycles. The zero-order valence-electron chi connectivity index (χ0n) is 11.7. The Bertz CT molecular complexity index is 614. The highest BCUT2D eigenvalue weighted by atomic mass is 16.2. The molecule has 0 spiro atoms. The van der Waals surface area contributed by atoms with Gasteiger partial charge in [0.2, 0.25) is 0 Å². The monoisotopic (exact) mass is 283 g/mol. The van der Waals surface area contributed by atoms with Crippen molar-refractivity contribution in [2.45, 2.75) is 25.8 Å². The Hall–Kier alpha value is -2.43. The van der Waals surface area contributed by atoms with Gasteiger partial charge in [-0.3, -0.25) is 19.2 Å². The van der Waals surface area contributed by atoms with Gasteiger partial charge in [-0.1, -0.05) is 12.1 Å². The van der Waals surface area contributed by atoms with Crippen molar-refractivity contribution in [1.29, 1.82) is 0 Å². The molecule has 0 bridgehead atoms. The molecule has 5 nitrogen and oxygen atoms in total. The maximum atomic E-state index is 12.1. The molecule has 0 radical (unpaired) electrons. The molecule has 0 N–H and O–H groups in total. The number of imide groups is 1. The van der Waals surface area contributed by atoms with E-state index in [1.54, 1.807) is 30.5 Å². The minimum Gasteiger partial charge on any atom is -0.274 e. The third-order valence-corrected chi connectivity index (χ3v) is 3.71. The number of carbonyl (C=O) groups is 2. The van der Waals surface area contributed by atoms with Crippen molar-refractivity contribution in [3.05, 3.63) is 53.9 Å². The summed E-state index contributed by atoms with van der Waals surface area (Å²) in [7, 11) is 0. The average molecular weight is 283 g/mol. The molecule has 108 valence electrons. The maximum absolute atomic E-state index is 12.1. The molecule has 0 saturated carbocycles. The summed E-state index contributed by atoms with van der Waals surface area (Å²) in [6, 6.07) is 8.91.